The molecule has 3 nitrogen and oxygen atoms in total. The summed E-state index contributed by atoms with van der Waals surface area (Å²) in [6.45, 7) is 2.40. The van der Waals surface area contributed by atoms with Gasteiger partial charge in [0.15, 0.2) is 0 Å². The average molecular weight is 295 g/mol. The van der Waals surface area contributed by atoms with Crippen molar-refractivity contribution in [2.45, 2.75) is 32.0 Å². The minimum absolute atomic E-state index is 0.156. The molecule has 0 bridgehead atoms. The first kappa shape index (κ1) is 14.1. The predicted molar refractivity (Wildman–Crippen MR) is 73.3 cm³/mol. The van der Waals surface area contributed by atoms with Crippen LogP contribution in [0.5, 0.6) is 0 Å². The van der Waals surface area contributed by atoms with Crippen LogP contribution in [-0.2, 0) is 6.18 Å². The summed E-state index contributed by atoms with van der Waals surface area (Å²) in [6.07, 6.45) is 0.990. The number of imidazole rings is 1. The smallest absolute Gasteiger partial charge is 0.309 e. The van der Waals surface area contributed by atoms with E-state index in [9.17, 15) is 13.2 Å². The number of benzene rings is 1. The second kappa shape index (κ2) is 5.18. The van der Waals surface area contributed by atoms with Crippen LogP contribution in [0.25, 0.3) is 5.69 Å². The summed E-state index contributed by atoms with van der Waals surface area (Å²) in [5.74, 6) is 0. The van der Waals surface area contributed by atoms with Gasteiger partial charge in [-0.2, -0.15) is 13.2 Å². The molecule has 2 aromatic rings. The van der Waals surface area contributed by atoms with E-state index in [1.165, 1.54) is 19.1 Å². The molecule has 1 saturated heterocycles. The summed E-state index contributed by atoms with van der Waals surface area (Å²) in [4.78, 5) is 4.10. The van der Waals surface area contributed by atoms with Crippen molar-refractivity contribution in [1.82, 2.24) is 14.9 Å². The molecule has 1 aromatic carbocycles. The van der Waals surface area contributed by atoms with Crippen LogP contribution in [0.4, 0.5) is 13.2 Å². The van der Waals surface area contributed by atoms with E-state index in [-0.39, 0.29) is 11.6 Å². The van der Waals surface area contributed by atoms with Crippen LogP contribution in [0, 0.1) is 6.92 Å². The Morgan fingerprint density at radius 3 is 2.81 bits per heavy atom. The van der Waals surface area contributed by atoms with E-state index in [1.807, 2.05) is 0 Å². The van der Waals surface area contributed by atoms with Crippen molar-refractivity contribution < 1.29 is 13.2 Å². The van der Waals surface area contributed by atoms with Crippen molar-refractivity contribution in [3.05, 3.63) is 47.5 Å². The molecule has 0 aliphatic carbocycles. The third-order valence-corrected chi connectivity index (χ3v) is 3.89. The summed E-state index contributed by atoms with van der Waals surface area (Å²) in [6, 6.07) is 4.55. The zero-order valence-corrected chi connectivity index (χ0v) is 11.6. The number of alkyl halides is 3. The summed E-state index contributed by atoms with van der Waals surface area (Å²) in [7, 11) is 0. The highest BCUT2D eigenvalue weighted by atomic mass is 19.4. The number of aryl methyl sites for hydroxylation is 1. The molecule has 1 aliphatic heterocycles. The van der Waals surface area contributed by atoms with Gasteiger partial charge >= 0.3 is 6.18 Å². The predicted octanol–water partition coefficient (Wildman–Crippen LogP) is 3.62. The molecule has 0 saturated carbocycles. The molecule has 3 rings (SSSR count). The minimum Gasteiger partial charge on any atom is -0.309 e. The monoisotopic (exact) mass is 295 g/mol. The second-order valence-electron chi connectivity index (χ2n) is 5.33. The van der Waals surface area contributed by atoms with Gasteiger partial charge in [0, 0.05) is 11.7 Å². The molecule has 0 amide bonds. The number of aromatic nitrogens is 2. The van der Waals surface area contributed by atoms with Gasteiger partial charge in [-0.05, 0) is 44.0 Å². The number of halogens is 3. The van der Waals surface area contributed by atoms with Crippen molar-refractivity contribution in [3.8, 4) is 5.69 Å². The van der Waals surface area contributed by atoms with Crippen molar-refractivity contribution in [2.24, 2.45) is 0 Å². The Morgan fingerprint density at radius 2 is 2.14 bits per heavy atom. The zero-order valence-electron chi connectivity index (χ0n) is 11.6. The van der Waals surface area contributed by atoms with Crippen molar-refractivity contribution in [3.63, 3.8) is 0 Å². The van der Waals surface area contributed by atoms with Gasteiger partial charge in [-0.3, -0.25) is 0 Å². The van der Waals surface area contributed by atoms with Crippen LogP contribution >= 0.6 is 0 Å². The lowest BCUT2D eigenvalue weighted by molar-refractivity contribution is -0.138. The van der Waals surface area contributed by atoms with E-state index < -0.39 is 11.7 Å². The first-order valence-corrected chi connectivity index (χ1v) is 6.90. The summed E-state index contributed by atoms with van der Waals surface area (Å²) >= 11 is 0. The first-order chi connectivity index (χ1) is 9.97. The molecule has 6 heteroatoms. The highest BCUT2D eigenvalue weighted by molar-refractivity contribution is 5.43. The Morgan fingerprint density at radius 1 is 1.33 bits per heavy atom. The lowest BCUT2D eigenvalue weighted by Crippen LogP contribution is -2.16. The van der Waals surface area contributed by atoms with Crippen LogP contribution in [0.2, 0.25) is 0 Å². The molecule has 1 aliphatic rings. The van der Waals surface area contributed by atoms with Crippen molar-refractivity contribution in [1.29, 1.82) is 0 Å². The molecule has 1 aromatic heterocycles. The highest BCUT2D eigenvalue weighted by Crippen LogP contribution is 2.34. The Bertz CT molecular complexity index is 640. The molecule has 0 radical (unpaired) electrons. The summed E-state index contributed by atoms with van der Waals surface area (Å²) in [5.41, 5.74) is 1.03. The first-order valence-electron chi connectivity index (χ1n) is 6.90. The number of nitrogens with zero attached hydrogens (tertiary/aromatic N) is 2. The van der Waals surface area contributed by atoms with Gasteiger partial charge in [0.05, 0.1) is 23.8 Å². The Balaban J connectivity index is 2.03. The molecule has 0 spiro atoms. The van der Waals surface area contributed by atoms with Gasteiger partial charge in [0.2, 0.25) is 0 Å². The fraction of sp³-hybridized carbons (Fsp3) is 0.400. The quantitative estimate of drug-likeness (QED) is 0.917. The number of hydrogen-bond acceptors (Lipinski definition) is 2. The largest absolute Gasteiger partial charge is 0.416 e. The van der Waals surface area contributed by atoms with E-state index in [0.717, 1.165) is 25.1 Å². The fourth-order valence-corrected chi connectivity index (χ4v) is 2.78. The molecule has 1 fully saturated rings. The topological polar surface area (TPSA) is 29.9 Å². The SMILES string of the molecule is Cc1ccc(-n2cncc2[C@@H]2CCCN2)cc1C(F)(F)F. The number of nitrogens with one attached hydrogen (secondary N) is 1. The lowest BCUT2D eigenvalue weighted by atomic mass is 10.1. The normalized spacial score (nSPS) is 19.1. The number of hydrogen-bond donors (Lipinski definition) is 1. The summed E-state index contributed by atoms with van der Waals surface area (Å²) in [5, 5.41) is 3.34. The van der Waals surface area contributed by atoms with E-state index in [4.69, 9.17) is 0 Å². The van der Waals surface area contributed by atoms with Crippen LogP contribution in [0.1, 0.15) is 35.7 Å². The molecule has 2 heterocycles. The Kier molecular flexibility index (Phi) is 3.49. The van der Waals surface area contributed by atoms with Crippen LogP contribution in [0.15, 0.2) is 30.7 Å². The van der Waals surface area contributed by atoms with Crippen LogP contribution in [-0.4, -0.2) is 16.1 Å². The molecule has 1 N–H and O–H groups in total. The zero-order chi connectivity index (χ0) is 15.0. The third kappa shape index (κ3) is 2.68. The highest BCUT2D eigenvalue weighted by Gasteiger charge is 2.33. The molecule has 1 atom stereocenters. The van der Waals surface area contributed by atoms with Crippen molar-refractivity contribution in [2.75, 3.05) is 6.54 Å². The van der Waals surface area contributed by atoms with Gasteiger partial charge in [-0.25, -0.2) is 4.98 Å². The van der Waals surface area contributed by atoms with E-state index in [1.54, 1.807) is 23.2 Å². The Labute approximate surface area is 120 Å². The van der Waals surface area contributed by atoms with E-state index in [2.05, 4.69) is 10.3 Å². The maximum atomic E-state index is 13.0. The molecular formula is C15H16F3N3. The van der Waals surface area contributed by atoms with Gasteiger partial charge in [-0.1, -0.05) is 6.07 Å². The van der Waals surface area contributed by atoms with Crippen LogP contribution < -0.4 is 5.32 Å². The third-order valence-electron chi connectivity index (χ3n) is 3.89. The van der Waals surface area contributed by atoms with Gasteiger partial charge in [0.25, 0.3) is 0 Å². The second-order valence-corrected chi connectivity index (χ2v) is 5.33. The molecule has 21 heavy (non-hydrogen) atoms. The lowest BCUT2D eigenvalue weighted by Gasteiger charge is -2.16. The maximum Gasteiger partial charge on any atom is 0.416 e. The van der Waals surface area contributed by atoms with Gasteiger partial charge < -0.3 is 9.88 Å². The number of rotatable bonds is 2. The van der Waals surface area contributed by atoms with E-state index >= 15 is 0 Å². The van der Waals surface area contributed by atoms with Crippen molar-refractivity contribution >= 4 is 0 Å². The molecule has 112 valence electrons. The fourth-order valence-electron chi connectivity index (χ4n) is 2.78. The summed E-state index contributed by atoms with van der Waals surface area (Å²) < 4.78 is 40.8. The van der Waals surface area contributed by atoms with Crippen LogP contribution in [0.3, 0.4) is 0 Å². The van der Waals surface area contributed by atoms with E-state index in [0.29, 0.717) is 5.69 Å². The average Bonchev–Trinajstić information content (AvgIpc) is 3.08. The maximum absolute atomic E-state index is 13.0. The van der Waals surface area contributed by atoms with Gasteiger partial charge in [-0.15, -0.1) is 0 Å². The van der Waals surface area contributed by atoms with Gasteiger partial charge in [0.1, 0.15) is 0 Å². The standard InChI is InChI=1S/C15H16F3N3/c1-10-4-5-11(7-12(10)15(16,17)18)21-9-19-8-14(21)13-3-2-6-20-13/h4-5,7-9,13,20H,2-3,6H2,1H3/t13-/m0/s1. The Hall–Kier alpha value is -1.82. The molecular weight excluding hydrogens is 279 g/mol. The molecule has 0 unspecified atom stereocenters. The minimum atomic E-state index is -4.34.